The molecule has 3 aliphatic rings. The second-order valence-corrected chi connectivity index (χ2v) is 9.08. The van der Waals surface area contributed by atoms with Gasteiger partial charge in [0.2, 0.25) is 0 Å². The maximum Gasteiger partial charge on any atom is 0.253 e. The van der Waals surface area contributed by atoms with Gasteiger partial charge in [0, 0.05) is 62.6 Å². The number of halogens is 2. The zero-order valence-corrected chi connectivity index (χ0v) is 20.0. The number of piperidine rings is 1. The average Bonchev–Trinajstić information content (AvgIpc) is 3.57. The molecule has 3 fully saturated rings. The highest BCUT2D eigenvalue weighted by molar-refractivity contribution is 5.94. The van der Waals surface area contributed by atoms with Crippen LogP contribution in [-0.4, -0.2) is 73.6 Å². The third-order valence-corrected chi connectivity index (χ3v) is 6.70. The second kappa shape index (κ2) is 11.6. The lowest BCUT2D eigenvalue weighted by Crippen LogP contribution is -2.48. The van der Waals surface area contributed by atoms with E-state index >= 15 is 0 Å². The van der Waals surface area contributed by atoms with Crippen LogP contribution in [0.25, 0.3) is 0 Å². The van der Waals surface area contributed by atoms with Crippen molar-refractivity contribution in [1.82, 2.24) is 15.1 Å². The monoisotopic (exact) mass is 456 g/mol. The summed E-state index contributed by atoms with van der Waals surface area (Å²) in [6.45, 7) is 11.8. The van der Waals surface area contributed by atoms with Gasteiger partial charge < -0.3 is 15.1 Å². The Morgan fingerprint density at radius 1 is 0.933 bits per heavy atom. The van der Waals surface area contributed by atoms with E-state index < -0.39 is 0 Å². The molecule has 1 aromatic carbocycles. The molecule has 0 spiro atoms. The van der Waals surface area contributed by atoms with E-state index in [-0.39, 0.29) is 30.7 Å². The van der Waals surface area contributed by atoms with Crippen molar-refractivity contribution >= 4 is 36.4 Å². The minimum absolute atomic E-state index is 0. The van der Waals surface area contributed by atoms with E-state index in [4.69, 9.17) is 0 Å². The number of rotatable bonds is 6. The first-order valence-corrected chi connectivity index (χ1v) is 11.2. The molecule has 4 rings (SSSR count). The molecule has 1 N–H and O–H groups in total. The first-order valence-electron chi connectivity index (χ1n) is 11.2. The Morgan fingerprint density at radius 3 is 2.07 bits per heavy atom. The molecular weight excluding hydrogens is 419 g/mol. The van der Waals surface area contributed by atoms with Gasteiger partial charge in [0.25, 0.3) is 5.91 Å². The normalized spacial score (nSPS) is 20.6. The van der Waals surface area contributed by atoms with Crippen LogP contribution < -0.4 is 10.2 Å². The van der Waals surface area contributed by atoms with Crippen LogP contribution in [0.1, 0.15) is 49.9 Å². The second-order valence-electron chi connectivity index (χ2n) is 9.08. The number of benzene rings is 1. The lowest BCUT2D eigenvalue weighted by Gasteiger charge is -2.38. The van der Waals surface area contributed by atoms with Gasteiger partial charge in [0.05, 0.1) is 0 Å². The smallest absolute Gasteiger partial charge is 0.253 e. The molecule has 30 heavy (non-hydrogen) atoms. The first kappa shape index (κ1) is 25.3. The van der Waals surface area contributed by atoms with Crippen molar-refractivity contribution in [3.05, 3.63) is 29.8 Å². The number of amides is 1. The summed E-state index contributed by atoms with van der Waals surface area (Å²) < 4.78 is 0. The molecule has 0 bridgehead atoms. The van der Waals surface area contributed by atoms with Gasteiger partial charge in [0.15, 0.2) is 0 Å². The summed E-state index contributed by atoms with van der Waals surface area (Å²) in [4.78, 5) is 19.9. The van der Waals surface area contributed by atoms with Crippen molar-refractivity contribution in [3.8, 4) is 0 Å². The average molecular weight is 457 g/mol. The molecule has 170 valence electrons. The van der Waals surface area contributed by atoms with Crippen LogP contribution in [0.4, 0.5) is 5.69 Å². The number of nitrogens with zero attached hydrogens (tertiary/aromatic N) is 3. The van der Waals surface area contributed by atoms with E-state index in [0.29, 0.717) is 12.1 Å². The van der Waals surface area contributed by atoms with Gasteiger partial charge in [-0.3, -0.25) is 9.69 Å². The van der Waals surface area contributed by atoms with Crippen molar-refractivity contribution in [1.29, 1.82) is 0 Å². The van der Waals surface area contributed by atoms with Crippen LogP contribution in [0.15, 0.2) is 24.3 Å². The number of carbonyl (C=O) groups excluding carboxylic acids is 1. The Morgan fingerprint density at radius 2 is 1.53 bits per heavy atom. The summed E-state index contributed by atoms with van der Waals surface area (Å²) in [5, 5.41) is 3.69. The molecular formula is C23H38Cl2N4O. The zero-order chi connectivity index (χ0) is 19.5. The molecule has 0 atom stereocenters. The van der Waals surface area contributed by atoms with Gasteiger partial charge in [-0.1, -0.05) is 0 Å². The number of piperazine rings is 1. The van der Waals surface area contributed by atoms with Crippen LogP contribution in [0.3, 0.4) is 0 Å². The van der Waals surface area contributed by atoms with Crippen LogP contribution in [0.5, 0.6) is 0 Å². The van der Waals surface area contributed by atoms with Gasteiger partial charge in [-0.15, -0.1) is 24.8 Å². The maximum atomic E-state index is 12.9. The van der Waals surface area contributed by atoms with Crippen molar-refractivity contribution in [3.63, 3.8) is 0 Å². The quantitative estimate of drug-likeness (QED) is 0.708. The largest absolute Gasteiger partial charge is 0.369 e. The van der Waals surface area contributed by atoms with Gasteiger partial charge in [-0.05, 0) is 76.3 Å². The number of anilines is 1. The van der Waals surface area contributed by atoms with Crippen LogP contribution in [0, 0.1) is 5.92 Å². The minimum atomic E-state index is 0. The van der Waals surface area contributed by atoms with E-state index in [9.17, 15) is 4.79 Å². The molecule has 7 heteroatoms. The van der Waals surface area contributed by atoms with Crippen molar-refractivity contribution < 1.29 is 4.79 Å². The Labute approximate surface area is 194 Å². The molecule has 1 aromatic rings. The first-order chi connectivity index (χ1) is 13.6. The van der Waals surface area contributed by atoms with Gasteiger partial charge in [-0.25, -0.2) is 0 Å². The van der Waals surface area contributed by atoms with Crippen LogP contribution >= 0.6 is 24.8 Å². The third-order valence-electron chi connectivity index (χ3n) is 6.70. The van der Waals surface area contributed by atoms with Crippen molar-refractivity contribution in [2.24, 2.45) is 5.92 Å². The molecule has 2 heterocycles. The molecule has 0 aromatic heterocycles. The number of hydrogen-bond donors (Lipinski definition) is 1. The van der Waals surface area contributed by atoms with E-state index in [2.05, 4.69) is 41.1 Å². The van der Waals surface area contributed by atoms with E-state index in [1.165, 1.54) is 25.1 Å². The Bertz CT molecular complexity index is 650. The van der Waals surface area contributed by atoms with Gasteiger partial charge >= 0.3 is 0 Å². The molecule has 2 aliphatic heterocycles. The molecule has 0 radical (unpaired) electrons. The number of carbonyl (C=O) groups is 1. The highest BCUT2D eigenvalue weighted by atomic mass is 35.5. The summed E-state index contributed by atoms with van der Waals surface area (Å²) in [6, 6.07) is 9.50. The van der Waals surface area contributed by atoms with Crippen LogP contribution in [-0.2, 0) is 0 Å². The molecule has 2 saturated heterocycles. The fourth-order valence-corrected chi connectivity index (χ4v) is 4.44. The summed E-state index contributed by atoms with van der Waals surface area (Å²) >= 11 is 0. The van der Waals surface area contributed by atoms with Crippen molar-refractivity contribution in [2.75, 3.05) is 50.7 Å². The molecule has 1 saturated carbocycles. The van der Waals surface area contributed by atoms with Crippen LogP contribution in [0.2, 0.25) is 0 Å². The summed E-state index contributed by atoms with van der Waals surface area (Å²) in [5.41, 5.74) is 2.07. The van der Waals surface area contributed by atoms with Gasteiger partial charge in [0.1, 0.15) is 0 Å². The van der Waals surface area contributed by atoms with E-state index in [1.807, 2.05) is 17.0 Å². The molecule has 1 aliphatic carbocycles. The topological polar surface area (TPSA) is 38.8 Å². The Hall–Kier alpha value is -1.01. The van der Waals surface area contributed by atoms with Crippen molar-refractivity contribution in [2.45, 2.75) is 51.6 Å². The lowest BCUT2D eigenvalue weighted by atomic mass is 10.0. The number of likely N-dealkylation sites (tertiary alicyclic amines) is 1. The Balaban J connectivity index is 0.00000160. The maximum absolute atomic E-state index is 12.9. The highest BCUT2D eigenvalue weighted by Gasteiger charge is 2.26. The fourth-order valence-electron chi connectivity index (χ4n) is 4.44. The predicted molar refractivity (Wildman–Crippen MR) is 130 cm³/mol. The summed E-state index contributed by atoms with van der Waals surface area (Å²) in [7, 11) is 0. The zero-order valence-electron chi connectivity index (χ0n) is 18.4. The summed E-state index contributed by atoms with van der Waals surface area (Å²) in [6.07, 6.45) is 4.95. The lowest BCUT2D eigenvalue weighted by molar-refractivity contribution is 0.0705. The Kier molecular flexibility index (Phi) is 9.73. The molecule has 5 nitrogen and oxygen atoms in total. The highest BCUT2D eigenvalue weighted by Crippen LogP contribution is 2.28. The summed E-state index contributed by atoms with van der Waals surface area (Å²) in [5.74, 6) is 1.11. The molecule has 0 unspecified atom stereocenters. The third kappa shape index (κ3) is 6.49. The number of nitrogens with one attached hydrogen (secondary N) is 1. The molecule has 1 amide bonds. The fraction of sp³-hybridized carbons (Fsp3) is 0.696. The SMILES string of the molecule is CC(C)N1CCN(c2ccc(C(=O)N3CCC(NCC4CC4)CC3)cc2)CC1.Cl.Cl. The van der Waals surface area contributed by atoms with Gasteiger partial charge in [-0.2, -0.15) is 0 Å². The predicted octanol–water partition coefficient (Wildman–Crippen LogP) is 3.66. The van der Waals surface area contributed by atoms with E-state index in [1.54, 1.807) is 0 Å². The van der Waals surface area contributed by atoms with E-state index in [0.717, 1.165) is 63.6 Å². The minimum Gasteiger partial charge on any atom is -0.369 e. The number of hydrogen-bond acceptors (Lipinski definition) is 4. The standard InChI is InChI=1S/C23H36N4O.2ClH/c1-18(2)25-13-15-26(16-14-25)22-7-5-20(6-8-22)23(28)27-11-9-21(10-12-27)24-17-19-3-4-19;;/h5-8,18-19,21,24H,3-4,9-17H2,1-2H3;2*1H.